The molecule has 374 valence electrons. The van der Waals surface area contributed by atoms with Crippen molar-refractivity contribution in [3.63, 3.8) is 0 Å². The van der Waals surface area contributed by atoms with Gasteiger partial charge in [0.25, 0.3) is 0 Å². The molecular weight excluding hydrogens is 879 g/mol. The number of nitrogens with zero attached hydrogens (tertiary/aromatic N) is 2. The molecule has 3 rings (SSSR count). The first-order chi connectivity index (χ1) is 31.7. The average molecular weight is 986 g/mol. The fourth-order valence-electron chi connectivity index (χ4n) is 10.2. The second-order valence-corrected chi connectivity index (χ2v) is 23.0. The van der Waals surface area contributed by atoms with E-state index in [1.54, 1.807) is 0 Å². The number of unbranched alkanes of at least 4 members (excludes halogenated alkanes) is 29. The van der Waals surface area contributed by atoms with Crippen LogP contribution in [0.25, 0.3) is 16.9 Å². The fourth-order valence-corrected chi connectivity index (χ4v) is 10.9. The Morgan fingerprint density at radius 1 is 0.369 bits per heavy atom. The van der Waals surface area contributed by atoms with E-state index in [1.807, 2.05) is 0 Å². The molecule has 0 aromatic heterocycles. The number of hydrogen-bond donors (Lipinski definition) is 0. The van der Waals surface area contributed by atoms with Gasteiger partial charge in [-0.3, -0.25) is 0 Å². The van der Waals surface area contributed by atoms with Crippen LogP contribution in [0.3, 0.4) is 0 Å². The molecule has 2 aromatic rings. The van der Waals surface area contributed by atoms with Crippen LogP contribution in [0.15, 0.2) is 35.9 Å². The van der Waals surface area contributed by atoms with E-state index in [1.165, 1.54) is 259 Å². The second-order valence-electron chi connectivity index (χ2n) is 20.0. The first-order valence-corrected chi connectivity index (χ1v) is 30.5. The van der Waals surface area contributed by atoms with Crippen LogP contribution < -0.4 is 0 Å². The standard InChI is InChI=1S/C58H96N2.2C2H5.Pd/c1-8-11-14-15-16-17-18-19-20-21-22-23-24-25-26-27-28-29-30-31-32-33-34-35-36-37-38-39-40-52-47-57(53-43-48(4)55(41-12-9-2)49(5)44-53)60(59)58(52)54-45-50(6)56(42-13-10-3)51(7)46-54;2*1-2;/h43-47H,8-42H2,1-7H3;2*1H2,2H3;. The molecule has 65 heavy (non-hydrogen) atoms. The molecule has 3 heteroatoms. The Bertz CT molecular complexity index is 1550. The minimum atomic E-state index is 0.929. The predicted molar refractivity (Wildman–Crippen MR) is 288 cm³/mol. The molecule has 0 fully saturated rings. The number of rotatable bonds is 39. The van der Waals surface area contributed by atoms with Gasteiger partial charge in [0, 0.05) is 22.8 Å². The first-order valence-electron chi connectivity index (χ1n) is 28.3. The average Bonchev–Trinajstić information content (AvgIpc) is 3.62. The van der Waals surface area contributed by atoms with Crippen molar-refractivity contribution >= 4 is 11.4 Å². The van der Waals surface area contributed by atoms with E-state index in [0.717, 1.165) is 59.8 Å². The second kappa shape index (κ2) is 39.1. The number of aryl methyl sites for hydroxylation is 4. The molecule has 0 saturated carbocycles. The van der Waals surface area contributed by atoms with Crippen LogP contribution in [0.5, 0.6) is 0 Å². The minimum absolute atomic E-state index is 0.929. The molecule has 0 N–H and O–H groups in total. The summed E-state index contributed by atoms with van der Waals surface area (Å²) in [5.74, 6) is 0. The number of allylic oxidation sites excluding steroid dienone is 2. The Hall–Kier alpha value is -1.82. The summed E-state index contributed by atoms with van der Waals surface area (Å²) in [7, 11) is 0. The topological polar surface area (TPSA) is 25.3 Å². The molecule has 1 aliphatic heterocycles. The van der Waals surface area contributed by atoms with Gasteiger partial charge in [0.15, 0.2) is 0 Å². The van der Waals surface area contributed by atoms with Crippen molar-refractivity contribution in [3.8, 4) is 0 Å². The maximum atomic E-state index is 11.9. The summed E-state index contributed by atoms with van der Waals surface area (Å²) in [6.07, 6.45) is 50.4. The molecule has 0 radical (unpaired) electrons. The third kappa shape index (κ3) is 25.4. The zero-order valence-corrected chi connectivity index (χ0v) is 46.3. The predicted octanol–water partition coefficient (Wildman–Crippen LogP) is 21.7. The molecule has 0 spiro atoms. The van der Waals surface area contributed by atoms with Crippen molar-refractivity contribution < 1.29 is 22.7 Å². The van der Waals surface area contributed by atoms with Gasteiger partial charge in [0.05, 0.1) is 0 Å². The molecule has 0 aliphatic carbocycles. The van der Waals surface area contributed by atoms with E-state index < -0.39 is 0 Å². The Labute approximate surface area is 414 Å². The summed E-state index contributed by atoms with van der Waals surface area (Å²) in [6.45, 7) is 20.3. The van der Waals surface area contributed by atoms with Crippen molar-refractivity contribution in [1.82, 2.24) is 0 Å². The van der Waals surface area contributed by atoms with Crippen LogP contribution in [0.4, 0.5) is 0 Å². The van der Waals surface area contributed by atoms with Crippen molar-refractivity contribution in [2.45, 2.75) is 297 Å². The van der Waals surface area contributed by atoms with Crippen molar-refractivity contribution in [2.24, 2.45) is 0 Å². The van der Waals surface area contributed by atoms with E-state index in [4.69, 9.17) is 0 Å². The van der Waals surface area contributed by atoms with Gasteiger partial charge in [-0.25, -0.2) is 4.70 Å². The summed E-state index contributed by atoms with van der Waals surface area (Å²) in [5.41, 5.74) is 25.8. The van der Waals surface area contributed by atoms with Crippen LogP contribution in [-0.2, 0) is 30.8 Å². The van der Waals surface area contributed by atoms with Gasteiger partial charge in [-0.1, -0.05) is 207 Å². The quantitative estimate of drug-likeness (QED) is 0.0362. The van der Waals surface area contributed by atoms with Gasteiger partial charge in [0.2, 0.25) is 11.4 Å². The van der Waals surface area contributed by atoms with Crippen LogP contribution in [0.1, 0.15) is 291 Å². The van der Waals surface area contributed by atoms with Gasteiger partial charge >= 0.3 is 41.6 Å². The summed E-state index contributed by atoms with van der Waals surface area (Å²) in [4.78, 5) is 2.79. The molecular formula is C62H106N2Pd. The third-order valence-electron chi connectivity index (χ3n) is 14.2. The van der Waals surface area contributed by atoms with Gasteiger partial charge in [0.1, 0.15) is 0 Å². The number of benzene rings is 2. The molecule has 0 saturated heterocycles. The Balaban J connectivity index is 0.00000274. The molecule has 0 unspecified atom stereocenters. The summed E-state index contributed by atoms with van der Waals surface area (Å²) < 4.78 is 1.52. The molecule has 0 bridgehead atoms. The molecule has 0 amide bonds. The first kappa shape index (κ1) is 59.3. The van der Waals surface area contributed by atoms with Gasteiger partial charge in [-0.2, -0.15) is 0 Å². The fraction of sp³-hybridized carbons (Fsp3) is 0.742. The van der Waals surface area contributed by atoms with E-state index in [0.29, 0.717) is 0 Å². The van der Waals surface area contributed by atoms with E-state index >= 15 is 0 Å². The van der Waals surface area contributed by atoms with Crippen molar-refractivity contribution in [2.75, 3.05) is 0 Å². The summed E-state index contributed by atoms with van der Waals surface area (Å²) in [5, 5.41) is 0. The van der Waals surface area contributed by atoms with Gasteiger partial charge in [-0.05, 0) is 124 Å². The van der Waals surface area contributed by atoms with E-state index in [9.17, 15) is 5.53 Å². The van der Waals surface area contributed by atoms with Crippen LogP contribution in [-0.4, -0.2) is 4.70 Å². The zero-order chi connectivity index (χ0) is 47.3. The normalized spacial score (nSPS) is 12.7. The molecule has 1 aliphatic rings. The maximum absolute atomic E-state index is 11.9. The van der Waals surface area contributed by atoms with Crippen molar-refractivity contribution in [1.29, 1.82) is 0 Å². The van der Waals surface area contributed by atoms with E-state index in [-0.39, 0.29) is 0 Å². The van der Waals surface area contributed by atoms with E-state index in [2.05, 4.69) is 92.7 Å². The SMILES string of the molecule is CCCCCCCCCCCCCCCCCCCCCCCCCCCCCCC1=C(c2cc(C)c(CCCC)c(C)c2)[N+](=[N-])C(c2cc(C)c(CCCC)c(C)c2)=C1.C[CH2][Pd][CH2]C. The van der Waals surface area contributed by atoms with Gasteiger partial charge in [-0.15, -0.1) is 0 Å². The molecule has 2 nitrogen and oxygen atoms in total. The number of hydrogen-bond acceptors (Lipinski definition) is 0. The Kier molecular flexibility index (Phi) is 35.7. The molecule has 1 heterocycles. The Morgan fingerprint density at radius 2 is 0.662 bits per heavy atom. The summed E-state index contributed by atoms with van der Waals surface area (Å²) in [6, 6.07) is 9.28. The van der Waals surface area contributed by atoms with Gasteiger partial charge < -0.3 is 5.53 Å². The zero-order valence-electron chi connectivity index (χ0n) is 44.8. The monoisotopic (exact) mass is 985 g/mol. The molecule has 2 aromatic carbocycles. The summed E-state index contributed by atoms with van der Waals surface area (Å²) >= 11 is 1.04. The van der Waals surface area contributed by atoms with Crippen LogP contribution in [0, 0.1) is 27.7 Å². The molecule has 0 atom stereocenters. The van der Waals surface area contributed by atoms with Crippen LogP contribution in [0.2, 0.25) is 9.79 Å². The van der Waals surface area contributed by atoms with Crippen LogP contribution >= 0.6 is 0 Å². The van der Waals surface area contributed by atoms with Crippen molar-refractivity contribution in [3.05, 3.63) is 86.0 Å². The Morgan fingerprint density at radius 3 is 0.954 bits per heavy atom. The third-order valence-corrected chi connectivity index (χ3v) is 15.7.